The fourth-order valence-electron chi connectivity index (χ4n) is 1.57. The second kappa shape index (κ2) is 3.97. The molecule has 2 aromatic rings. The lowest BCUT2D eigenvalue weighted by Crippen LogP contribution is -2.33. The van der Waals surface area contributed by atoms with Crippen molar-refractivity contribution >= 4 is 22.5 Å². The second-order valence-corrected chi connectivity index (χ2v) is 3.94. The molecule has 0 aliphatic rings. The van der Waals surface area contributed by atoms with E-state index in [9.17, 15) is 14.0 Å². The normalized spacial score (nSPS) is 11.1. The first-order valence-corrected chi connectivity index (χ1v) is 5.06. The number of hydrogen-bond acceptors (Lipinski definition) is 3. The Labute approximate surface area is 99.1 Å². The fraction of sp³-hybridized carbons (Fsp3) is 0.200. The zero-order valence-corrected chi connectivity index (χ0v) is 9.51. The number of aromatic amines is 1. The maximum absolute atomic E-state index is 13.8. The molecule has 0 spiro atoms. The molecule has 17 heavy (non-hydrogen) atoms. The zero-order chi connectivity index (χ0) is 12.7. The van der Waals surface area contributed by atoms with Crippen LogP contribution in [0.25, 0.3) is 10.9 Å². The molecule has 90 valence electrons. The highest BCUT2D eigenvalue weighted by molar-refractivity contribution is 6.35. The number of fused-ring (bicyclic) bond motifs is 1. The number of nitrogens with zero attached hydrogens (tertiary/aromatic N) is 1. The molecule has 0 saturated heterocycles. The minimum Gasteiger partial charge on any atom is -0.392 e. The van der Waals surface area contributed by atoms with Crippen molar-refractivity contribution in [2.45, 2.75) is 6.61 Å². The predicted octanol–water partition coefficient (Wildman–Crippen LogP) is 0.512. The van der Waals surface area contributed by atoms with Crippen LogP contribution in [0.5, 0.6) is 0 Å². The molecule has 0 atom stereocenters. The van der Waals surface area contributed by atoms with Gasteiger partial charge in [-0.15, -0.1) is 0 Å². The lowest BCUT2D eigenvalue weighted by molar-refractivity contribution is 0.276. The molecule has 0 fully saturated rings. The number of halogens is 2. The van der Waals surface area contributed by atoms with Crippen molar-refractivity contribution in [3.63, 3.8) is 0 Å². The third-order valence-electron chi connectivity index (χ3n) is 2.52. The summed E-state index contributed by atoms with van der Waals surface area (Å²) in [7, 11) is 1.26. The van der Waals surface area contributed by atoms with Crippen molar-refractivity contribution < 1.29 is 9.50 Å². The number of nitrogens with one attached hydrogen (secondary N) is 1. The summed E-state index contributed by atoms with van der Waals surface area (Å²) in [4.78, 5) is 25.3. The van der Waals surface area contributed by atoms with Gasteiger partial charge in [-0.05, 0) is 6.07 Å². The molecular formula is C10H8ClFN2O3. The topological polar surface area (TPSA) is 75.1 Å². The molecule has 2 rings (SSSR count). The molecular weight excluding hydrogens is 251 g/mol. The van der Waals surface area contributed by atoms with E-state index in [1.165, 1.54) is 13.1 Å². The van der Waals surface area contributed by atoms with Crippen LogP contribution in [0.1, 0.15) is 5.56 Å². The van der Waals surface area contributed by atoms with Gasteiger partial charge in [-0.3, -0.25) is 9.36 Å². The predicted molar refractivity (Wildman–Crippen MR) is 60.7 cm³/mol. The third kappa shape index (κ3) is 1.65. The number of rotatable bonds is 1. The molecule has 5 nitrogen and oxygen atoms in total. The van der Waals surface area contributed by atoms with Gasteiger partial charge in [-0.2, -0.15) is 0 Å². The zero-order valence-electron chi connectivity index (χ0n) is 8.75. The number of aliphatic hydroxyl groups is 1. The van der Waals surface area contributed by atoms with Crippen LogP contribution in [0.3, 0.4) is 0 Å². The Hall–Kier alpha value is -1.66. The van der Waals surface area contributed by atoms with Gasteiger partial charge in [0.1, 0.15) is 0 Å². The minimum absolute atomic E-state index is 0.0118. The van der Waals surface area contributed by atoms with Gasteiger partial charge in [0.2, 0.25) is 0 Å². The highest BCUT2D eigenvalue weighted by Gasteiger charge is 2.15. The maximum Gasteiger partial charge on any atom is 0.328 e. The molecule has 1 heterocycles. The van der Waals surface area contributed by atoms with E-state index in [4.69, 9.17) is 16.7 Å². The third-order valence-corrected chi connectivity index (χ3v) is 2.81. The van der Waals surface area contributed by atoms with Gasteiger partial charge in [0, 0.05) is 12.6 Å². The number of hydrogen-bond donors (Lipinski definition) is 2. The van der Waals surface area contributed by atoms with Crippen LogP contribution < -0.4 is 11.2 Å². The van der Waals surface area contributed by atoms with Gasteiger partial charge in [-0.1, -0.05) is 11.6 Å². The van der Waals surface area contributed by atoms with E-state index in [2.05, 4.69) is 4.98 Å². The van der Waals surface area contributed by atoms with Crippen molar-refractivity contribution in [2.24, 2.45) is 7.05 Å². The van der Waals surface area contributed by atoms with Gasteiger partial charge >= 0.3 is 5.69 Å². The van der Waals surface area contributed by atoms with Crippen molar-refractivity contribution in [2.75, 3.05) is 0 Å². The Bertz CT molecular complexity index is 720. The quantitative estimate of drug-likeness (QED) is 0.783. The summed E-state index contributed by atoms with van der Waals surface area (Å²) in [5, 5.41) is 8.80. The Morgan fingerprint density at radius 1 is 1.53 bits per heavy atom. The van der Waals surface area contributed by atoms with Crippen molar-refractivity contribution in [3.05, 3.63) is 43.3 Å². The Kier molecular flexibility index (Phi) is 2.76. The molecule has 0 bridgehead atoms. The van der Waals surface area contributed by atoms with Crippen LogP contribution in [-0.2, 0) is 13.7 Å². The summed E-state index contributed by atoms with van der Waals surface area (Å²) in [6, 6.07) is 1.17. The van der Waals surface area contributed by atoms with Crippen LogP contribution in [0.2, 0.25) is 5.02 Å². The summed E-state index contributed by atoms with van der Waals surface area (Å²) in [5.41, 5.74) is -1.79. The first-order chi connectivity index (χ1) is 7.97. The molecule has 0 amide bonds. The summed E-state index contributed by atoms with van der Waals surface area (Å²) in [6.07, 6.45) is 0. The number of aliphatic hydroxyl groups excluding tert-OH is 1. The van der Waals surface area contributed by atoms with Crippen LogP contribution in [0.15, 0.2) is 15.7 Å². The fourth-order valence-corrected chi connectivity index (χ4v) is 1.88. The van der Waals surface area contributed by atoms with Crippen molar-refractivity contribution in [1.29, 1.82) is 0 Å². The SMILES string of the molecule is Cn1c(=O)[nH]c2c(F)c(CO)cc(Cl)c2c1=O. The minimum atomic E-state index is -0.846. The number of H-pyrrole nitrogens is 1. The first-order valence-electron chi connectivity index (χ1n) is 4.68. The van der Waals surface area contributed by atoms with E-state index in [1.807, 2.05) is 0 Å². The molecule has 0 radical (unpaired) electrons. The largest absolute Gasteiger partial charge is 0.392 e. The lowest BCUT2D eigenvalue weighted by atomic mass is 10.1. The molecule has 0 unspecified atom stereocenters. The van der Waals surface area contributed by atoms with Gasteiger partial charge in [0.15, 0.2) is 5.82 Å². The molecule has 1 aromatic carbocycles. The summed E-state index contributed by atoms with van der Waals surface area (Å²) in [6.45, 7) is -0.571. The average molecular weight is 259 g/mol. The number of aromatic nitrogens is 2. The van der Waals surface area contributed by atoms with Crippen LogP contribution in [-0.4, -0.2) is 14.7 Å². The molecule has 0 aliphatic carbocycles. The molecule has 0 saturated carbocycles. The van der Waals surface area contributed by atoms with Gasteiger partial charge in [0.05, 0.1) is 22.5 Å². The van der Waals surface area contributed by atoms with E-state index in [1.54, 1.807) is 0 Å². The van der Waals surface area contributed by atoms with Gasteiger partial charge in [-0.25, -0.2) is 9.18 Å². The first kappa shape index (κ1) is 11.8. The van der Waals surface area contributed by atoms with E-state index in [0.717, 1.165) is 4.57 Å². The smallest absolute Gasteiger partial charge is 0.328 e. The van der Waals surface area contributed by atoms with Crippen LogP contribution in [0, 0.1) is 5.82 Å². The van der Waals surface area contributed by atoms with E-state index < -0.39 is 23.7 Å². The highest BCUT2D eigenvalue weighted by atomic mass is 35.5. The van der Waals surface area contributed by atoms with Crippen molar-refractivity contribution in [3.8, 4) is 0 Å². The van der Waals surface area contributed by atoms with Crippen LogP contribution >= 0.6 is 11.6 Å². The summed E-state index contributed by atoms with van der Waals surface area (Å²) < 4.78 is 14.6. The van der Waals surface area contributed by atoms with E-state index in [0.29, 0.717) is 0 Å². The standard InChI is InChI=1S/C10H8ClFN2O3/c1-14-9(16)6-5(11)2-4(3-15)7(12)8(6)13-10(14)17/h2,15H,3H2,1H3,(H,13,17). The maximum atomic E-state index is 13.8. The second-order valence-electron chi connectivity index (χ2n) is 3.53. The molecule has 0 aliphatic heterocycles. The summed E-state index contributed by atoms with van der Waals surface area (Å²) in [5.74, 6) is -0.846. The van der Waals surface area contributed by atoms with Crippen LogP contribution in [0.4, 0.5) is 4.39 Å². The van der Waals surface area contributed by atoms with Gasteiger partial charge < -0.3 is 10.1 Å². The van der Waals surface area contributed by atoms with E-state index in [-0.39, 0.29) is 21.5 Å². The molecule has 2 N–H and O–H groups in total. The molecule has 1 aromatic heterocycles. The van der Waals surface area contributed by atoms with Crippen molar-refractivity contribution in [1.82, 2.24) is 9.55 Å². The average Bonchev–Trinajstić information content (AvgIpc) is 2.30. The summed E-state index contributed by atoms with van der Waals surface area (Å²) >= 11 is 5.83. The van der Waals surface area contributed by atoms with Gasteiger partial charge in [0.25, 0.3) is 5.56 Å². The van der Waals surface area contributed by atoms with E-state index >= 15 is 0 Å². The Morgan fingerprint density at radius 2 is 2.18 bits per heavy atom. The molecule has 7 heteroatoms. The lowest BCUT2D eigenvalue weighted by Gasteiger charge is -2.07. The number of benzene rings is 1. The monoisotopic (exact) mass is 258 g/mol. The Morgan fingerprint density at radius 3 is 2.76 bits per heavy atom. The Balaban J connectivity index is 3.11. The highest BCUT2D eigenvalue weighted by Crippen LogP contribution is 2.24.